The number of amides is 1. The molecule has 0 aromatic heterocycles. The number of carbonyl (C=O) groups is 1. The second kappa shape index (κ2) is 5.96. The molecule has 3 nitrogen and oxygen atoms in total. The van der Waals surface area contributed by atoms with Gasteiger partial charge in [0.1, 0.15) is 0 Å². The fourth-order valence-electron chi connectivity index (χ4n) is 3.50. The van der Waals surface area contributed by atoms with E-state index in [4.69, 9.17) is 0 Å². The van der Waals surface area contributed by atoms with E-state index in [-0.39, 0.29) is 17.9 Å². The molecule has 1 heterocycles. The van der Waals surface area contributed by atoms with E-state index < -0.39 is 0 Å². The van der Waals surface area contributed by atoms with Crippen molar-refractivity contribution in [2.24, 2.45) is 11.8 Å². The number of aryl methyl sites for hydroxylation is 1. The summed E-state index contributed by atoms with van der Waals surface area (Å²) in [5.41, 5.74) is 2.73. The molecule has 0 spiro atoms. The van der Waals surface area contributed by atoms with E-state index >= 15 is 0 Å². The summed E-state index contributed by atoms with van der Waals surface area (Å²) < 4.78 is 0. The number of hydrogen-bond donors (Lipinski definition) is 2. The van der Waals surface area contributed by atoms with Crippen LogP contribution in [-0.4, -0.2) is 19.0 Å². The van der Waals surface area contributed by atoms with Crippen molar-refractivity contribution in [3.63, 3.8) is 0 Å². The van der Waals surface area contributed by atoms with Crippen molar-refractivity contribution in [1.29, 1.82) is 0 Å². The molecule has 2 atom stereocenters. The van der Waals surface area contributed by atoms with Crippen LogP contribution in [0.2, 0.25) is 0 Å². The highest BCUT2D eigenvalue weighted by atomic mass is 16.1. The van der Waals surface area contributed by atoms with Gasteiger partial charge in [-0.2, -0.15) is 0 Å². The van der Waals surface area contributed by atoms with Gasteiger partial charge in [-0.25, -0.2) is 0 Å². The summed E-state index contributed by atoms with van der Waals surface area (Å²) in [6.45, 7) is 4.19. The summed E-state index contributed by atoms with van der Waals surface area (Å²) in [5, 5.41) is 6.65. The maximum atomic E-state index is 12.5. The Labute approximate surface area is 121 Å². The van der Waals surface area contributed by atoms with Gasteiger partial charge in [0.15, 0.2) is 0 Å². The van der Waals surface area contributed by atoms with Crippen LogP contribution in [0.25, 0.3) is 0 Å². The number of rotatable bonds is 2. The average molecular weight is 272 g/mol. The van der Waals surface area contributed by atoms with E-state index in [2.05, 4.69) is 41.8 Å². The van der Waals surface area contributed by atoms with E-state index in [9.17, 15) is 4.79 Å². The predicted octanol–water partition coefficient (Wildman–Crippen LogP) is 2.43. The normalized spacial score (nSPS) is 26.9. The molecule has 1 aromatic rings. The largest absolute Gasteiger partial charge is 0.349 e. The van der Waals surface area contributed by atoms with Gasteiger partial charge in [-0.3, -0.25) is 4.79 Å². The third kappa shape index (κ3) is 2.73. The Morgan fingerprint density at radius 1 is 1.20 bits per heavy atom. The Morgan fingerprint density at radius 2 is 1.95 bits per heavy atom. The zero-order valence-electron chi connectivity index (χ0n) is 12.2. The number of hydrogen-bond acceptors (Lipinski definition) is 2. The molecule has 0 saturated carbocycles. The fourth-order valence-corrected chi connectivity index (χ4v) is 3.50. The zero-order chi connectivity index (χ0) is 13.9. The molecule has 0 radical (unpaired) electrons. The van der Waals surface area contributed by atoms with Gasteiger partial charge < -0.3 is 10.6 Å². The monoisotopic (exact) mass is 272 g/mol. The Morgan fingerprint density at radius 3 is 2.75 bits per heavy atom. The quantitative estimate of drug-likeness (QED) is 0.868. The van der Waals surface area contributed by atoms with E-state index in [0.29, 0.717) is 5.92 Å². The molecular formula is C17H24N2O. The summed E-state index contributed by atoms with van der Waals surface area (Å²) in [5.74, 6) is 0.966. The van der Waals surface area contributed by atoms with Crippen LogP contribution in [0, 0.1) is 11.8 Å². The first-order chi connectivity index (χ1) is 9.75. The van der Waals surface area contributed by atoms with E-state index in [1.807, 2.05) is 0 Å². The van der Waals surface area contributed by atoms with Gasteiger partial charge in [-0.1, -0.05) is 31.2 Å². The minimum atomic E-state index is 0.192. The van der Waals surface area contributed by atoms with Crippen LogP contribution in [0.5, 0.6) is 0 Å². The molecule has 1 aromatic carbocycles. The maximum absolute atomic E-state index is 12.5. The van der Waals surface area contributed by atoms with Crippen molar-refractivity contribution < 1.29 is 4.79 Å². The topological polar surface area (TPSA) is 41.1 Å². The SMILES string of the molecule is CC1CCc2ccccc2C1NC(=O)C1CCNCC1. The summed E-state index contributed by atoms with van der Waals surface area (Å²) >= 11 is 0. The van der Waals surface area contributed by atoms with Gasteiger partial charge in [0.2, 0.25) is 5.91 Å². The number of nitrogens with one attached hydrogen (secondary N) is 2. The molecule has 3 rings (SSSR count). The molecule has 1 aliphatic carbocycles. The standard InChI is InChI=1S/C17H24N2O/c1-12-6-7-13-4-2-3-5-15(13)16(12)19-17(20)14-8-10-18-11-9-14/h2-5,12,14,16,18H,6-11H2,1H3,(H,19,20). The minimum absolute atomic E-state index is 0.192. The number of piperidine rings is 1. The Kier molecular flexibility index (Phi) is 4.06. The van der Waals surface area contributed by atoms with Gasteiger partial charge >= 0.3 is 0 Å². The molecule has 2 unspecified atom stereocenters. The highest BCUT2D eigenvalue weighted by Crippen LogP contribution is 2.34. The lowest BCUT2D eigenvalue weighted by Gasteiger charge is -2.33. The van der Waals surface area contributed by atoms with Gasteiger partial charge in [-0.15, -0.1) is 0 Å². The van der Waals surface area contributed by atoms with Gasteiger partial charge in [0.05, 0.1) is 6.04 Å². The van der Waals surface area contributed by atoms with Crippen LogP contribution >= 0.6 is 0 Å². The van der Waals surface area contributed by atoms with Gasteiger partial charge in [0, 0.05) is 5.92 Å². The second-order valence-corrected chi connectivity index (χ2v) is 6.23. The van der Waals surface area contributed by atoms with Crippen LogP contribution in [0.3, 0.4) is 0 Å². The smallest absolute Gasteiger partial charge is 0.223 e. The third-order valence-electron chi connectivity index (χ3n) is 4.84. The highest BCUT2D eigenvalue weighted by Gasteiger charge is 2.30. The molecule has 108 valence electrons. The number of benzene rings is 1. The zero-order valence-corrected chi connectivity index (χ0v) is 12.2. The fraction of sp³-hybridized carbons (Fsp3) is 0.588. The van der Waals surface area contributed by atoms with Crippen LogP contribution in [-0.2, 0) is 11.2 Å². The summed E-state index contributed by atoms with van der Waals surface area (Å²) in [6.07, 6.45) is 4.23. The number of fused-ring (bicyclic) bond motifs is 1. The third-order valence-corrected chi connectivity index (χ3v) is 4.84. The first kappa shape index (κ1) is 13.6. The molecule has 2 N–H and O–H groups in total. The highest BCUT2D eigenvalue weighted by molar-refractivity contribution is 5.79. The second-order valence-electron chi connectivity index (χ2n) is 6.23. The minimum Gasteiger partial charge on any atom is -0.349 e. The van der Waals surface area contributed by atoms with Crippen molar-refractivity contribution >= 4 is 5.91 Å². The van der Waals surface area contributed by atoms with E-state index in [0.717, 1.165) is 38.8 Å². The van der Waals surface area contributed by atoms with E-state index in [1.54, 1.807) is 0 Å². The summed E-state index contributed by atoms with van der Waals surface area (Å²) in [6, 6.07) is 8.76. The lowest BCUT2D eigenvalue weighted by Crippen LogP contribution is -2.42. The lowest BCUT2D eigenvalue weighted by atomic mass is 9.80. The summed E-state index contributed by atoms with van der Waals surface area (Å²) in [4.78, 5) is 12.5. The van der Waals surface area contributed by atoms with Crippen molar-refractivity contribution in [3.8, 4) is 0 Å². The molecular weight excluding hydrogens is 248 g/mol. The Balaban J connectivity index is 1.74. The van der Waals surface area contributed by atoms with Crippen molar-refractivity contribution in [3.05, 3.63) is 35.4 Å². The van der Waals surface area contributed by atoms with Crippen molar-refractivity contribution in [2.75, 3.05) is 13.1 Å². The molecule has 1 saturated heterocycles. The molecule has 20 heavy (non-hydrogen) atoms. The molecule has 1 aliphatic heterocycles. The first-order valence-corrected chi connectivity index (χ1v) is 7.84. The molecule has 3 heteroatoms. The lowest BCUT2D eigenvalue weighted by molar-refractivity contribution is -0.127. The van der Waals surface area contributed by atoms with E-state index in [1.165, 1.54) is 11.1 Å². The van der Waals surface area contributed by atoms with Crippen LogP contribution < -0.4 is 10.6 Å². The van der Waals surface area contributed by atoms with Gasteiger partial charge in [0.25, 0.3) is 0 Å². The molecule has 1 fully saturated rings. The van der Waals surface area contributed by atoms with Gasteiger partial charge in [-0.05, 0) is 55.8 Å². The molecule has 1 amide bonds. The predicted molar refractivity (Wildman–Crippen MR) is 80.4 cm³/mol. The van der Waals surface area contributed by atoms with Crippen molar-refractivity contribution in [1.82, 2.24) is 10.6 Å². The number of carbonyl (C=O) groups excluding carboxylic acids is 1. The molecule has 2 aliphatic rings. The maximum Gasteiger partial charge on any atom is 0.223 e. The molecule has 0 bridgehead atoms. The van der Waals surface area contributed by atoms with Crippen molar-refractivity contribution in [2.45, 2.75) is 38.6 Å². The van der Waals surface area contributed by atoms with Crippen LogP contribution in [0.15, 0.2) is 24.3 Å². The summed E-state index contributed by atoms with van der Waals surface area (Å²) in [7, 11) is 0. The first-order valence-electron chi connectivity index (χ1n) is 7.84. The van der Waals surface area contributed by atoms with Crippen LogP contribution in [0.1, 0.15) is 43.4 Å². The Hall–Kier alpha value is -1.35. The Bertz CT molecular complexity index is 480. The average Bonchev–Trinajstić information content (AvgIpc) is 2.51. The van der Waals surface area contributed by atoms with Crippen LogP contribution in [0.4, 0.5) is 0 Å².